The second-order valence-corrected chi connectivity index (χ2v) is 6.85. The number of anilines is 1. The fourth-order valence-electron chi connectivity index (χ4n) is 2.60. The number of ether oxygens (including phenoxy) is 1. The number of amides is 2. The van der Waals surface area contributed by atoms with Crippen molar-refractivity contribution in [1.29, 1.82) is 0 Å². The Labute approximate surface area is 173 Å². The van der Waals surface area contributed by atoms with Gasteiger partial charge in [-0.15, -0.1) is 0 Å². The number of hydrogen-bond donors (Lipinski definition) is 2. The Kier molecular flexibility index (Phi) is 6.51. The number of hydrogen-bond acceptors (Lipinski definition) is 5. The summed E-state index contributed by atoms with van der Waals surface area (Å²) in [6.45, 7) is 3.70. The Bertz CT molecular complexity index is 984. The SMILES string of the molecule is Cc1ncoc1C(=O)NC(C)c1ccc(NC(=O)OCc2ccc(Cl)cc2)cc1. The van der Waals surface area contributed by atoms with E-state index < -0.39 is 6.09 Å². The molecule has 0 bridgehead atoms. The third kappa shape index (κ3) is 5.58. The van der Waals surface area contributed by atoms with Crippen molar-refractivity contribution in [3.63, 3.8) is 0 Å². The Morgan fingerprint density at radius 3 is 2.45 bits per heavy atom. The average molecular weight is 414 g/mol. The van der Waals surface area contributed by atoms with Crippen LogP contribution in [0.3, 0.4) is 0 Å². The summed E-state index contributed by atoms with van der Waals surface area (Å²) >= 11 is 5.83. The van der Waals surface area contributed by atoms with Crippen molar-refractivity contribution in [2.24, 2.45) is 0 Å². The lowest BCUT2D eigenvalue weighted by Crippen LogP contribution is -2.26. The van der Waals surface area contributed by atoms with E-state index in [0.29, 0.717) is 16.4 Å². The number of benzene rings is 2. The number of carbonyl (C=O) groups is 2. The second-order valence-electron chi connectivity index (χ2n) is 6.41. The first-order valence-electron chi connectivity index (χ1n) is 8.91. The second kappa shape index (κ2) is 9.25. The van der Waals surface area contributed by atoms with Crippen LogP contribution in [0.1, 0.15) is 40.3 Å². The maximum atomic E-state index is 12.2. The molecule has 3 rings (SSSR count). The summed E-state index contributed by atoms with van der Waals surface area (Å²) in [5, 5.41) is 6.14. The number of rotatable bonds is 6. The van der Waals surface area contributed by atoms with E-state index in [9.17, 15) is 9.59 Å². The van der Waals surface area contributed by atoms with Crippen LogP contribution in [0.15, 0.2) is 59.3 Å². The van der Waals surface area contributed by atoms with Crippen molar-refractivity contribution < 1.29 is 18.7 Å². The molecule has 0 aliphatic heterocycles. The van der Waals surface area contributed by atoms with E-state index in [1.807, 2.05) is 19.1 Å². The molecule has 0 aliphatic rings. The van der Waals surface area contributed by atoms with Gasteiger partial charge >= 0.3 is 6.09 Å². The zero-order valence-electron chi connectivity index (χ0n) is 15.9. The van der Waals surface area contributed by atoms with Crippen molar-refractivity contribution in [2.75, 3.05) is 5.32 Å². The minimum atomic E-state index is -0.560. The number of aryl methyl sites for hydroxylation is 1. The van der Waals surface area contributed by atoms with Crippen LogP contribution < -0.4 is 10.6 Å². The molecule has 1 heterocycles. The molecule has 0 spiro atoms. The minimum absolute atomic E-state index is 0.144. The number of nitrogens with one attached hydrogen (secondary N) is 2. The molecule has 2 N–H and O–H groups in total. The lowest BCUT2D eigenvalue weighted by atomic mass is 10.1. The molecule has 150 valence electrons. The van der Waals surface area contributed by atoms with Crippen LogP contribution in [-0.4, -0.2) is 17.0 Å². The molecule has 8 heteroatoms. The first-order chi connectivity index (χ1) is 13.9. The Hall–Kier alpha value is -3.32. The molecule has 0 fully saturated rings. The summed E-state index contributed by atoms with van der Waals surface area (Å²) in [4.78, 5) is 28.1. The van der Waals surface area contributed by atoms with Gasteiger partial charge in [0.1, 0.15) is 6.61 Å². The van der Waals surface area contributed by atoms with Gasteiger partial charge in [0.2, 0.25) is 5.76 Å². The highest BCUT2D eigenvalue weighted by atomic mass is 35.5. The topological polar surface area (TPSA) is 93.5 Å². The third-order valence-corrected chi connectivity index (χ3v) is 4.49. The molecule has 1 atom stereocenters. The Balaban J connectivity index is 1.51. The van der Waals surface area contributed by atoms with Crippen molar-refractivity contribution in [2.45, 2.75) is 26.5 Å². The lowest BCUT2D eigenvalue weighted by molar-refractivity contribution is 0.0911. The smallest absolute Gasteiger partial charge is 0.411 e. The highest BCUT2D eigenvalue weighted by molar-refractivity contribution is 6.30. The number of aromatic nitrogens is 1. The van der Waals surface area contributed by atoms with Gasteiger partial charge in [-0.1, -0.05) is 35.9 Å². The van der Waals surface area contributed by atoms with Crippen LogP contribution >= 0.6 is 11.6 Å². The monoisotopic (exact) mass is 413 g/mol. The number of oxazole rings is 1. The molecule has 0 radical (unpaired) electrons. The van der Waals surface area contributed by atoms with Gasteiger partial charge in [-0.25, -0.2) is 9.78 Å². The maximum Gasteiger partial charge on any atom is 0.411 e. The van der Waals surface area contributed by atoms with E-state index in [-0.39, 0.29) is 24.3 Å². The van der Waals surface area contributed by atoms with Crippen LogP contribution in [0.2, 0.25) is 5.02 Å². The predicted octanol–water partition coefficient (Wildman–Crippen LogP) is 4.88. The van der Waals surface area contributed by atoms with E-state index in [0.717, 1.165) is 11.1 Å². The predicted molar refractivity (Wildman–Crippen MR) is 109 cm³/mol. The third-order valence-electron chi connectivity index (χ3n) is 4.24. The highest BCUT2D eigenvalue weighted by Crippen LogP contribution is 2.18. The highest BCUT2D eigenvalue weighted by Gasteiger charge is 2.17. The summed E-state index contributed by atoms with van der Waals surface area (Å²) in [7, 11) is 0. The summed E-state index contributed by atoms with van der Waals surface area (Å²) in [6, 6.07) is 13.9. The molecule has 29 heavy (non-hydrogen) atoms. The molecule has 7 nitrogen and oxygen atoms in total. The van der Waals surface area contributed by atoms with Gasteiger partial charge in [0.25, 0.3) is 5.91 Å². The quantitative estimate of drug-likeness (QED) is 0.600. The normalized spacial score (nSPS) is 11.6. The lowest BCUT2D eigenvalue weighted by Gasteiger charge is -2.14. The Morgan fingerprint density at radius 2 is 1.83 bits per heavy atom. The molecule has 3 aromatic rings. The summed E-state index contributed by atoms with van der Waals surface area (Å²) in [5.41, 5.74) is 2.83. The first kappa shape index (κ1) is 20.4. The fraction of sp³-hybridized carbons (Fsp3) is 0.190. The van der Waals surface area contributed by atoms with E-state index in [4.69, 9.17) is 20.8 Å². The molecule has 1 unspecified atom stereocenters. The molecule has 1 aromatic heterocycles. The number of halogens is 1. The van der Waals surface area contributed by atoms with Crippen molar-refractivity contribution >= 4 is 29.3 Å². The van der Waals surface area contributed by atoms with Crippen LogP contribution in [0.25, 0.3) is 0 Å². The zero-order valence-corrected chi connectivity index (χ0v) is 16.7. The van der Waals surface area contributed by atoms with Crippen molar-refractivity contribution in [3.8, 4) is 0 Å². The number of carbonyl (C=O) groups excluding carboxylic acids is 2. The first-order valence-corrected chi connectivity index (χ1v) is 9.29. The van der Waals surface area contributed by atoms with Crippen molar-refractivity contribution in [3.05, 3.63) is 82.5 Å². The van der Waals surface area contributed by atoms with E-state index in [2.05, 4.69) is 15.6 Å². The van der Waals surface area contributed by atoms with Gasteiger partial charge in [0.15, 0.2) is 6.39 Å². The minimum Gasteiger partial charge on any atom is -0.444 e. The molecule has 0 saturated carbocycles. The van der Waals surface area contributed by atoms with Gasteiger partial charge < -0.3 is 14.5 Å². The average Bonchev–Trinajstić information content (AvgIpc) is 3.14. The standard InChI is InChI=1S/C21H20ClN3O4/c1-13(24-20(26)19-14(2)23-12-29-19)16-5-9-18(10-6-16)25-21(27)28-11-15-3-7-17(22)8-4-15/h3-10,12-13H,11H2,1-2H3,(H,24,26)(H,25,27). The zero-order chi connectivity index (χ0) is 20.8. The maximum absolute atomic E-state index is 12.2. The van der Waals surface area contributed by atoms with Gasteiger partial charge in [0.05, 0.1) is 11.7 Å². The Morgan fingerprint density at radius 1 is 1.14 bits per heavy atom. The molecule has 0 aliphatic carbocycles. The van der Waals surface area contributed by atoms with Crippen molar-refractivity contribution in [1.82, 2.24) is 10.3 Å². The summed E-state index contributed by atoms with van der Waals surface area (Å²) in [5.74, 6) is -0.140. The van der Waals surface area contributed by atoms with Gasteiger partial charge in [-0.3, -0.25) is 10.1 Å². The summed E-state index contributed by atoms with van der Waals surface area (Å²) < 4.78 is 10.3. The van der Waals surface area contributed by atoms with Crippen LogP contribution in [0.5, 0.6) is 0 Å². The van der Waals surface area contributed by atoms with Crippen LogP contribution in [-0.2, 0) is 11.3 Å². The van der Waals surface area contributed by atoms with E-state index >= 15 is 0 Å². The van der Waals surface area contributed by atoms with E-state index in [1.165, 1.54) is 6.39 Å². The molecule has 2 amide bonds. The van der Waals surface area contributed by atoms with Gasteiger partial charge in [-0.2, -0.15) is 0 Å². The van der Waals surface area contributed by atoms with Crippen LogP contribution in [0.4, 0.5) is 10.5 Å². The number of nitrogens with zero attached hydrogens (tertiary/aromatic N) is 1. The molecular weight excluding hydrogens is 394 g/mol. The molecule has 2 aromatic carbocycles. The summed E-state index contributed by atoms with van der Waals surface area (Å²) in [6.07, 6.45) is 0.677. The van der Waals surface area contributed by atoms with E-state index in [1.54, 1.807) is 43.3 Å². The fourth-order valence-corrected chi connectivity index (χ4v) is 2.73. The van der Waals surface area contributed by atoms with Crippen LogP contribution in [0, 0.1) is 6.92 Å². The van der Waals surface area contributed by atoms with Gasteiger partial charge in [-0.05, 0) is 49.2 Å². The largest absolute Gasteiger partial charge is 0.444 e. The van der Waals surface area contributed by atoms with Gasteiger partial charge in [0, 0.05) is 10.7 Å². The molecule has 0 saturated heterocycles. The molecular formula is C21H20ClN3O4.